The Morgan fingerprint density at radius 2 is 2.24 bits per heavy atom. The molecule has 0 unspecified atom stereocenters. The van der Waals surface area contributed by atoms with Gasteiger partial charge in [-0.15, -0.1) is 0 Å². The maximum atomic E-state index is 5.45. The highest BCUT2D eigenvalue weighted by Gasteiger charge is 2.02. The summed E-state index contributed by atoms with van der Waals surface area (Å²) < 4.78 is 10.7. The molecule has 0 aliphatic rings. The average molecular weight is 255 g/mol. The maximum Gasteiger partial charge on any atom is 0.317 e. The molecule has 0 saturated carbocycles. The van der Waals surface area contributed by atoms with E-state index in [0.29, 0.717) is 24.8 Å². The number of nitrogens with zero attached hydrogens (tertiary/aromatic N) is 2. The number of hydrogen-bond acceptors (Lipinski definition) is 5. The van der Waals surface area contributed by atoms with Crippen molar-refractivity contribution in [2.75, 3.05) is 19.8 Å². The first-order chi connectivity index (χ1) is 8.09. The Labute approximate surface area is 106 Å². The van der Waals surface area contributed by atoms with E-state index in [1.54, 1.807) is 12.3 Å². The van der Waals surface area contributed by atoms with Gasteiger partial charge in [-0.05, 0) is 12.0 Å². The number of thiocarbonyl (C=S) groups is 1. The zero-order chi connectivity index (χ0) is 12.7. The first-order valence-corrected chi connectivity index (χ1v) is 5.84. The molecule has 5 nitrogen and oxygen atoms in total. The molecule has 1 heterocycles. The van der Waals surface area contributed by atoms with Gasteiger partial charge in [0.2, 0.25) is 0 Å². The number of nitrogens with two attached hydrogens (primary N) is 1. The Balaban J connectivity index is 2.31. The third kappa shape index (κ3) is 5.55. The summed E-state index contributed by atoms with van der Waals surface area (Å²) in [6.07, 6.45) is 1.56. The van der Waals surface area contributed by atoms with Gasteiger partial charge in [0.1, 0.15) is 17.3 Å². The van der Waals surface area contributed by atoms with E-state index in [4.69, 9.17) is 27.4 Å². The molecular formula is C11H17N3O2S. The summed E-state index contributed by atoms with van der Waals surface area (Å²) in [5.74, 6) is 0.518. The Hall–Kier alpha value is -1.27. The van der Waals surface area contributed by atoms with E-state index < -0.39 is 0 Å². The monoisotopic (exact) mass is 255 g/mol. The van der Waals surface area contributed by atoms with E-state index in [9.17, 15) is 0 Å². The minimum absolute atomic E-state index is 0.230. The zero-order valence-electron chi connectivity index (χ0n) is 10.0. The van der Waals surface area contributed by atoms with Gasteiger partial charge in [-0.3, -0.25) is 0 Å². The lowest BCUT2D eigenvalue weighted by atomic mass is 10.2. The molecule has 1 aromatic heterocycles. The predicted molar refractivity (Wildman–Crippen MR) is 69.1 cm³/mol. The van der Waals surface area contributed by atoms with Crippen molar-refractivity contribution in [3.63, 3.8) is 0 Å². The highest BCUT2D eigenvalue weighted by Crippen LogP contribution is 2.03. The van der Waals surface area contributed by atoms with Crippen molar-refractivity contribution in [2.45, 2.75) is 13.8 Å². The maximum absolute atomic E-state index is 5.45. The quantitative estimate of drug-likeness (QED) is 0.582. The summed E-state index contributed by atoms with van der Waals surface area (Å²) in [7, 11) is 0. The van der Waals surface area contributed by atoms with Gasteiger partial charge in [0, 0.05) is 12.8 Å². The first-order valence-electron chi connectivity index (χ1n) is 5.43. The van der Waals surface area contributed by atoms with Gasteiger partial charge >= 0.3 is 6.01 Å². The number of hydrogen-bond donors (Lipinski definition) is 1. The molecule has 1 rings (SSSR count). The van der Waals surface area contributed by atoms with Gasteiger partial charge in [0.05, 0.1) is 6.61 Å². The average Bonchev–Trinajstić information content (AvgIpc) is 2.28. The normalized spacial score (nSPS) is 10.5. The molecule has 94 valence electrons. The van der Waals surface area contributed by atoms with Gasteiger partial charge in [0.25, 0.3) is 0 Å². The zero-order valence-corrected chi connectivity index (χ0v) is 10.9. The van der Waals surface area contributed by atoms with Crippen molar-refractivity contribution in [1.29, 1.82) is 0 Å². The standard InChI is InChI=1S/C11H17N3O2S/c1-8(2)7-15-5-6-16-11-13-4-3-9(14-11)10(12)17/h3-4,8H,5-7H2,1-2H3,(H2,12,17). The highest BCUT2D eigenvalue weighted by molar-refractivity contribution is 7.80. The van der Waals surface area contributed by atoms with E-state index in [0.717, 1.165) is 6.61 Å². The second kappa shape index (κ2) is 7.13. The highest BCUT2D eigenvalue weighted by atomic mass is 32.1. The summed E-state index contributed by atoms with van der Waals surface area (Å²) in [6, 6.07) is 1.91. The van der Waals surface area contributed by atoms with Crippen LogP contribution >= 0.6 is 12.2 Å². The molecule has 6 heteroatoms. The predicted octanol–water partition coefficient (Wildman–Crippen LogP) is 1.16. The minimum Gasteiger partial charge on any atom is -0.461 e. The molecule has 0 radical (unpaired) electrons. The van der Waals surface area contributed by atoms with E-state index in [-0.39, 0.29) is 11.0 Å². The van der Waals surface area contributed by atoms with Gasteiger partial charge in [-0.25, -0.2) is 4.98 Å². The molecule has 0 saturated heterocycles. The molecule has 0 spiro atoms. The van der Waals surface area contributed by atoms with Crippen LogP contribution in [0.4, 0.5) is 0 Å². The van der Waals surface area contributed by atoms with Crippen LogP contribution in [0.5, 0.6) is 6.01 Å². The van der Waals surface area contributed by atoms with Crippen LogP contribution in [0.1, 0.15) is 19.5 Å². The Morgan fingerprint density at radius 3 is 2.88 bits per heavy atom. The molecule has 0 aromatic carbocycles. The Morgan fingerprint density at radius 1 is 1.47 bits per heavy atom. The van der Waals surface area contributed by atoms with Crippen LogP contribution in [0.2, 0.25) is 0 Å². The summed E-state index contributed by atoms with van der Waals surface area (Å²) >= 11 is 4.81. The molecule has 0 fully saturated rings. The van der Waals surface area contributed by atoms with E-state index in [1.807, 2.05) is 0 Å². The van der Waals surface area contributed by atoms with Gasteiger partial charge < -0.3 is 15.2 Å². The molecule has 0 aliphatic carbocycles. The molecule has 0 amide bonds. The molecule has 0 atom stereocenters. The van der Waals surface area contributed by atoms with Crippen LogP contribution in [-0.2, 0) is 4.74 Å². The SMILES string of the molecule is CC(C)COCCOc1nccc(C(N)=S)n1. The second-order valence-electron chi connectivity index (χ2n) is 3.91. The third-order valence-corrected chi connectivity index (χ3v) is 2.01. The third-order valence-electron chi connectivity index (χ3n) is 1.80. The van der Waals surface area contributed by atoms with Gasteiger partial charge in [0.15, 0.2) is 0 Å². The molecule has 0 aliphatic heterocycles. The van der Waals surface area contributed by atoms with E-state index >= 15 is 0 Å². The first kappa shape index (κ1) is 13.8. The number of ether oxygens (including phenoxy) is 2. The number of aromatic nitrogens is 2. The lowest BCUT2D eigenvalue weighted by Gasteiger charge is -2.07. The van der Waals surface area contributed by atoms with Crippen molar-refractivity contribution < 1.29 is 9.47 Å². The van der Waals surface area contributed by atoms with Crippen LogP contribution < -0.4 is 10.5 Å². The Bertz CT molecular complexity index is 371. The molecule has 1 aromatic rings. The lowest BCUT2D eigenvalue weighted by Crippen LogP contribution is -2.14. The smallest absolute Gasteiger partial charge is 0.317 e. The van der Waals surface area contributed by atoms with Crippen molar-refractivity contribution in [1.82, 2.24) is 9.97 Å². The Kier molecular flexibility index (Phi) is 5.79. The van der Waals surface area contributed by atoms with Crippen LogP contribution in [0.25, 0.3) is 0 Å². The van der Waals surface area contributed by atoms with Crippen LogP contribution in [-0.4, -0.2) is 34.8 Å². The summed E-state index contributed by atoms with van der Waals surface area (Å²) in [5, 5.41) is 0. The van der Waals surface area contributed by atoms with Crippen molar-refractivity contribution in [2.24, 2.45) is 11.7 Å². The molecular weight excluding hydrogens is 238 g/mol. The fraction of sp³-hybridized carbons (Fsp3) is 0.545. The number of rotatable bonds is 7. The van der Waals surface area contributed by atoms with Crippen molar-refractivity contribution >= 4 is 17.2 Å². The van der Waals surface area contributed by atoms with Gasteiger partial charge in [-0.2, -0.15) is 4.98 Å². The molecule has 0 bridgehead atoms. The van der Waals surface area contributed by atoms with Crippen LogP contribution in [0.15, 0.2) is 12.3 Å². The summed E-state index contributed by atoms with van der Waals surface area (Å²) in [5.41, 5.74) is 5.96. The summed E-state index contributed by atoms with van der Waals surface area (Å²) in [4.78, 5) is 8.23. The van der Waals surface area contributed by atoms with Crippen LogP contribution in [0.3, 0.4) is 0 Å². The largest absolute Gasteiger partial charge is 0.461 e. The minimum atomic E-state index is 0.230. The fourth-order valence-corrected chi connectivity index (χ4v) is 1.17. The topological polar surface area (TPSA) is 70.3 Å². The van der Waals surface area contributed by atoms with Crippen LogP contribution in [0, 0.1) is 5.92 Å². The van der Waals surface area contributed by atoms with Gasteiger partial charge in [-0.1, -0.05) is 26.1 Å². The van der Waals surface area contributed by atoms with E-state index in [1.165, 1.54) is 0 Å². The summed E-state index contributed by atoms with van der Waals surface area (Å²) in [6.45, 7) is 5.83. The lowest BCUT2D eigenvalue weighted by molar-refractivity contribution is 0.0791. The van der Waals surface area contributed by atoms with Crippen molar-refractivity contribution in [3.8, 4) is 6.01 Å². The molecule has 2 N–H and O–H groups in total. The fourth-order valence-electron chi connectivity index (χ4n) is 1.06. The molecule has 17 heavy (non-hydrogen) atoms. The van der Waals surface area contributed by atoms with E-state index in [2.05, 4.69) is 23.8 Å². The van der Waals surface area contributed by atoms with Crippen molar-refractivity contribution in [3.05, 3.63) is 18.0 Å². The second-order valence-corrected chi connectivity index (χ2v) is 4.35.